The van der Waals surface area contributed by atoms with Crippen LogP contribution in [0.4, 0.5) is 0 Å². The fraction of sp³-hybridized carbons (Fsp3) is 0.600. The van der Waals surface area contributed by atoms with Gasteiger partial charge in [-0.25, -0.2) is 0 Å². The minimum absolute atomic E-state index is 0.0448. The van der Waals surface area contributed by atoms with Gasteiger partial charge < -0.3 is 14.2 Å². The minimum Gasteiger partial charge on any atom is -0.364 e. The van der Waals surface area contributed by atoms with Crippen LogP contribution in [0.25, 0.3) is 0 Å². The lowest BCUT2D eigenvalue weighted by molar-refractivity contribution is -0.268. The van der Waals surface area contributed by atoms with Crippen LogP contribution in [0.1, 0.15) is 18.4 Å². The molecule has 2 fully saturated rings. The number of halogens is 1. The number of hydrogen-bond acceptors (Lipinski definition) is 3. The zero-order chi connectivity index (χ0) is 13.1. The van der Waals surface area contributed by atoms with Crippen molar-refractivity contribution in [2.75, 3.05) is 19.1 Å². The summed E-state index contributed by atoms with van der Waals surface area (Å²) < 4.78 is 17.5. The third-order valence-corrected chi connectivity index (χ3v) is 4.15. The number of benzene rings is 1. The SMILES string of the molecule is ClCC1(OCc2ccccc2)COC(C2CC2)OC1. The molecule has 0 N–H and O–H groups in total. The van der Waals surface area contributed by atoms with Crippen LogP contribution in [-0.4, -0.2) is 31.0 Å². The Hall–Kier alpha value is -0.610. The van der Waals surface area contributed by atoms with E-state index in [0.29, 0.717) is 31.6 Å². The number of alkyl halides is 1. The lowest BCUT2D eigenvalue weighted by atomic mass is 10.1. The molecule has 0 radical (unpaired) electrons. The maximum absolute atomic E-state index is 6.06. The van der Waals surface area contributed by atoms with Gasteiger partial charge in [-0.3, -0.25) is 0 Å². The summed E-state index contributed by atoms with van der Waals surface area (Å²) in [6.45, 7) is 1.57. The van der Waals surface area contributed by atoms with E-state index in [2.05, 4.69) is 0 Å². The average Bonchev–Trinajstić information content (AvgIpc) is 3.32. The lowest BCUT2D eigenvalue weighted by Gasteiger charge is -2.38. The van der Waals surface area contributed by atoms with E-state index in [4.69, 9.17) is 25.8 Å². The Kier molecular flexibility index (Phi) is 4.08. The van der Waals surface area contributed by atoms with Crippen molar-refractivity contribution in [2.45, 2.75) is 31.3 Å². The van der Waals surface area contributed by atoms with E-state index in [0.717, 1.165) is 5.56 Å². The van der Waals surface area contributed by atoms with Gasteiger partial charge in [0.05, 0.1) is 25.7 Å². The molecule has 1 saturated heterocycles. The lowest BCUT2D eigenvalue weighted by Crippen LogP contribution is -2.51. The molecule has 1 heterocycles. The van der Waals surface area contributed by atoms with Crippen molar-refractivity contribution in [3.63, 3.8) is 0 Å². The summed E-state index contributed by atoms with van der Waals surface area (Å²) in [6.07, 6.45) is 2.38. The molecule has 0 spiro atoms. The van der Waals surface area contributed by atoms with Gasteiger partial charge in [0.1, 0.15) is 5.60 Å². The van der Waals surface area contributed by atoms with Crippen LogP contribution in [-0.2, 0) is 20.8 Å². The summed E-state index contributed by atoms with van der Waals surface area (Å²) in [5.74, 6) is 0.972. The molecular weight excluding hydrogens is 264 g/mol. The van der Waals surface area contributed by atoms with E-state index in [1.54, 1.807) is 0 Å². The minimum atomic E-state index is -0.511. The Morgan fingerprint density at radius 1 is 1.16 bits per heavy atom. The van der Waals surface area contributed by atoms with Gasteiger partial charge in [0.25, 0.3) is 0 Å². The predicted octanol–water partition coefficient (Wildman–Crippen LogP) is 2.96. The van der Waals surface area contributed by atoms with Crippen LogP contribution in [0.5, 0.6) is 0 Å². The number of rotatable bonds is 5. The Labute approximate surface area is 118 Å². The molecule has 2 aliphatic rings. The molecule has 1 aromatic carbocycles. The molecule has 1 aromatic rings. The van der Waals surface area contributed by atoms with Gasteiger partial charge in [-0.05, 0) is 18.4 Å². The molecule has 3 rings (SSSR count). The molecule has 0 atom stereocenters. The molecule has 0 aromatic heterocycles. The van der Waals surface area contributed by atoms with E-state index in [-0.39, 0.29) is 6.29 Å². The Bertz CT molecular complexity index is 397. The molecule has 4 heteroatoms. The Balaban J connectivity index is 1.54. The largest absolute Gasteiger partial charge is 0.364 e. The van der Waals surface area contributed by atoms with Gasteiger partial charge in [0.2, 0.25) is 0 Å². The second kappa shape index (κ2) is 5.80. The average molecular weight is 283 g/mol. The molecule has 104 valence electrons. The van der Waals surface area contributed by atoms with Gasteiger partial charge in [-0.2, -0.15) is 0 Å². The van der Waals surface area contributed by atoms with Crippen LogP contribution in [0.2, 0.25) is 0 Å². The third-order valence-electron chi connectivity index (χ3n) is 3.66. The smallest absolute Gasteiger partial charge is 0.160 e. The monoisotopic (exact) mass is 282 g/mol. The van der Waals surface area contributed by atoms with Crippen LogP contribution in [0, 0.1) is 5.92 Å². The zero-order valence-corrected chi connectivity index (χ0v) is 11.6. The fourth-order valence-electron chi connectivity index (χ4n) is 2.21. The first kappa shape index (κ1) is 13.4. The van der Waals surface area contributed by atoms with Crippen LogP contribution >= 0.6 is 11.6 Å². The van der Waals surface area contributed by atoms with Crippen molar-refractivity contribution in [3.8, 4) is 0 Å². The summed E-state index contributed by atoms with van der Waals surface area (Å²) in [6, 6.07) is 10.1. The number of hydrogen-bond donors (Lipinski definition) is 0. The van der Waals surface area contributed by atoms with Crippen molar-refractivity contribution in [2.24, 2.45) is 5.92 Å². The molecule has 0 amide bonds. The highest BCUT2D eigenvalue weighted by Crippen LogP contribution is 2.38. The maximum Gasteiger partial charge on any atom is 0.160 e. The zero-order valence-electron chi connectivity index (χ0n) is 10.9. The molecule has 1 aliphatic carbocycles. The van der Waals surface area contributed by atoms with Crippen LogP contribution in [0.15, 0.2) is 30.3 Å². The summed E-state index contributed by atoms with van der Waals surface area (Å²) in [5, 5.41) is 0. The van der Waals surface area contributed by atoms with E-state index in [1.165, 1.54) is 12.8 Å². The third kappa shape index (κ3) is 3.29. The highest BCUT2D eigenvalue weighted by Gasteiger charge is 2.42. The van der Waals surface area contributed by atoms with E-state index in [1.807, 2.05) is 30.3 Å². The van der Waals surface area contributed by atoms with E-state index >= 15 is 0 Å². The van der Waals surface area contributed by atoms with Crippen molar-refractivity contribution < 1.29 is 14.2 Å². The summed E-state index contributed by atoms with van der Waals surface area (Å²) in [5.41, 5.74) is 0.624. The summed E-state index contributed by atoms with van der Waals surface area (Å²) >= 11 is 6.06. The highest BCUT2D eigenvalue weighted by molar-refractivity contribution is 6.18. The van der Waals surface area contributed by atoms with Crippen molar-refractivity contribution >= 4 is 11.6 Å². The van der Waals surface area contributed by atoms with Crippen LogP contribution in [0.3, 0.4) is 0 Å². The van der Waals surface area contributed by atoms with Crippen molar-refractivity contribution in [1.82, 2.24) is 0 Å². The van der Waals surface area contributed by atoms with Gasteiger partial charge in [-0.1, -0.05) is 30.3 Å². The van der Waals surface area contributed by atoms with Crippen LogP contribution < -0.4 is 0 Å². The topological polar surface area (TPSA) is 27.7 Å². The fourth-order valence-corrected chi connectivity index (χ4v) is 2.44. The van der Waals surface area contributed by atoms with Crippen molar-refractivity contribution in [1.29, 1.82) is 0 Å². The van der Waals surface area contributed by atoms with Gasteiger partial charge in [0.15, 0.2) is 6.29 Å². The first-order valence-electron chi connectivity index (χ1n) is 6.78. The summed E-state index contributed by atoms with van der Waals surface area (Å²) in [7, 11) is 0. The predicted molar refractivity (Wildman–Crippen MR) is 73.1 cm³/mol. The van der Waals surface area contributed by atoms with Crippen molar-refractivity contribution in [3.05, 3.63) is 35.9 Å². The second-order valence-corrected chi connectivity index (χ2v) is 5.69. The summed E-state index contributed by atoms with van der Waals surface area (Å²) in [4.78, 5) is 0. The molecule has 1 aliphatic heterocycles. The Morgan fingerprint density at radius 3 is 2.42 bits per heavy atom. The van der Waals surface area contributed by atoms with E-state index in [9.17, 15) is 0 Å². The van der Waals surface area contributed by atoms with Gasteiger partial charge >= 0.3 is 0 Å². The molecule has 19 heavy (non-hydrogen) atoms. The number of ether oxygens (including phenoxy) is 3. The first-order valence-corrected chi connectivity index (χ1v) is 7.32. The standard InChI is InChI=1S/C15H19ClO3/c16-9-15(19-8-12-4-2-1-3-5-12)10-17-14(18-11-15)13-6-7-13/h1-5,13-14H,6-11H2. The van der Waals surface area contributed by atoms with E-state index < -0.39 is 5.60 Å². The molecular formula is C15H19ClO3. The molecule has 0 bridgehead atoms. The molecule has 3 nitrogen and oxygen atoms in total. The molecule has 0 unspecified atom stereocenters. The first-order chi connectivity index (χ1) is 9.31. The highest BCUT2D eigenvalue weighted by atomic mass is 35.5. The quantitative estimate of drug-likeness (QED) is 0.777. The Morgan fingerprint density at radius 2 is 1.84 bits per heavy atom. The maximum atomic E-state index is 6.06. The second-order valence-electron chi connectivity index (χ2n) is 5.42. The normalized spacial score (nSPS) is 31.3. The molecule has 1 saturated carbocycles. The van der Waals surface area contributed by atoms with Gasteiger partial charge in [0, 0.05) is 5.92 Å². The van der Waals surface area contributed by atoms with Gasteiger partial charge in [-0.15, -0.1) is 11.6 Å².